The Kier molecular flexibility index (Phi) is 5.06. The fraction of sp³-hybridized carbons (Fsp3) is 0.391. The topological polar surface area (TPSA) is 49.4 Å². The molecule has 4 rings (SSSR count). The molecule has 3 unspecified atom stereocenters. The Morgan fingerprint density at radius 2 is 1.89 bits per heavy atom. The molecule has 148 valence electrons. The molecule has 0 bridgehead atoms. The normalized spacial score (nSPS) is 23.4. The predicted molar refractivity (Wildman–Crippen MR) is 114 cm³/mol. The minimum absolute atomic E-state index is 0.234. The highest BCUT2D eigenvalue weighted by Crippen LogP contribution is 2.50. The van der Waals surface area contributed by atoms with Gasteiger partial charge in [0.05, 0.1) is 10.9 Å². The van der Waals surface area contributed by atoms with Crippen molar-refractivity contribution in [3.63, 3.8) is 0 Å². The number of anilines is 1. The molecule has 28 heavy (non-hydrogen) atoms. The van der Waals surface area contributed by atoms with Crippen LogP contribution >= 0.6 is 0 Å². The Balaban J connectivity index is 1.75. The smallest absolute Gasteiger partial charge is 0.243 e. The number of allylic oxidation sites excluding steroid dienone is 2. The van der Waals surface area contributed by atoms with E-state index >= 15 is 0 Å². The second-order valence-electron chi connectivity index (χ2n) is 7.73. The number of nitrogens with zero attached hydrogens (tertiary/aromatic N) is 1. The maximum Gasteiger partial charge on any atom is 0.243 e. The van der Waals surface area contributed by atoms with Gasteiger partial charge in [0, 0.05) is 24.7 Å². The van der Waals surface area contributed by atoms with Crippen LogP contribution in [0.15, 0.2) is 59.5 Å². The molecule has 2 aromatic carbocycles. The third kappa shape index (κ3) is 3.16. The van der Waals surface area contributed by atoms with Crippen LogP contribution in [0.4, 0.5) is 5.69 Å². The molecule has 1 aliphatic carbocycles. The highest BCUT2D eigenvalue weighted by atomic mass is 32.2. The molecule has 0 amide bonds. The van der Waals surface area contributed by atoms with Crippen LogP contribution in [0.2, 0.25) is 0 Å². The Morgan fingerprint density at radius 3 is 2.61 bits per heavy atom. The Bertz CT molecular complexity index is 1010. The Morgan fingerprint density at radius 1 is 1.11 bits per heavy atom. The van der Waals surface area contributed by atoms with Crippen molar-refractivity contribution in [2.24, 2.45) is 5.92 Å². The van der Waals surface area contributed by atoms with Gasteiger partial charge in [-0.05, 0) is 48.6 Å². The van der Waals surface area contributed by atoms with Crippen LogP contribution in [0.25, 0.3) is 0 Å². The molecule has 5 heteroatoms. The SMILES string of the molecule is CCN(CC)S(=O)(=O)c1ccc2c(c1)C1C=CCC1C(c1cccc(C)c1)N2. The molecule has 2 aliphatic rings. The van der Waals surface area contributed by atoms with E-state index in [0.717, 1.165) is 17.7 Å². The summed E-state index contributed by atoms with van der Waals surface area (Å²) < 4.78 is 27.5. The summed E-state index contributed by atoms with van der Waals surface area (Å²) in [6.45, 7) is 6.84. The van der Waals surface area contributed by atoms with Crippen molar-refractivity contribution in [2.75, 3.05) is 18.4 Å². The van der Waals surface area contributed by atoms with Gasteiger partial charge in [0.15, 0.2) is 0 Å². The first kappa shape index (κ1) is 19.2. The van der Waals surface area contributed by atoms with Crippen molar-refractivity contribution in [1.82, 2.24) is 4.31 Å². The van der Waals surface area contributed by atoms with E-state index in [-0.39, 0.29) is 12.0 Å². The fourth-order valence-corrected chi connectivity index (χ4v) is 6.13. The van der Waals surface area contributed by atoms with E-state index in [1.165, 1.54) is 15.4 Å². The van der Waals surface area contributed by atoms with Crippen LogP contribution in [-0.4, -0.2) is 25.8 Å². The van der Waals surface area contributed by atoms with Gasteiger partial charge in [0.25, 0.3) is 0 Å². The molecule has 1 heterocycles. The van der Waals surface area contributed by atoms with Gasteiger partial charge in [0.1, 0.15) is 0 Å². The minimum Gasteiger partial charge on any atom is -0.378 e. The summed E-state index contributed by atoms with van der Waals surface area (Å²) in [7, 11) is -3.45. The van der Waals surface area contributed by atoms with Crippen molar-refractivity contribution >= 4 is 15.7 Å². The van der Waals surface area contributed by atoms with E-state index in [2.05, 4.69) is 48.7 Å². The maximum atomic E-state index is 13.0. The summed E-state index contributed by atoms with van der Waals surface area (Å²) in [6.07, 6.45) is 5.49. The maximum absolute atomic E-state index is 13.0. The lowest BCUT2D eigenvalue weighted by Gasteiger charge is -2.38. The van der Waals surface area contributed by atoms with Crippen LogP contribution in [0.3, 0.4) is 0 Å². The number of sulfonamides is 1. The number of aryl methyl sites for hydroxylation is 1. The molecule has 0 aromatic heterocycles. The zero-order valence-corrected chi connectivity index (χ0v) is 17.5. The van der Waals surface area contributed by atoms with E-state index in [1.54, 1.807) is 6.07 Å². The first-order valence-corrected chi connectivity index (χ1v) is 11.5. The zero-order valence-electron chi connectivity index (χ0n) is 16.7. The third-order valence-electron chi connectivity index (χ3n) is 6.08. The Labute approximate surface area is 168 Å². The number of hydrogen-bond acceptors (Lipinski definition) is 3. The lowest BCUT2D eigenvalue weighted by atomic mass is 9.77. The van der Waals surface area contributed by atoms with Crippen LogP contribution in [0.1, 0.15) is 48.9 Å². The number of benzene rings is 2. The predicted octanol–water partition coefficient (Wildman–Crippen LogP) is 4.85. The lowest BCUT2D eigenvalue weighted by Crippen LogP contribution is -2.32. The summed E-state index contributed by atoms with van der Waals surface area (Å²) in [6, 6.07) is 14.5. The zero-order chi connectivity index (χ0) is 19.9. The molecule has 1 N–H and O–H groups in total. The second kappa shape index (κ2) is 7.37. The summed E-state index contributed by atoms with van der Waals surface area (Å²) in [5.74, 6) is 0.648. The summed E-state index contributed by atoms with van der Waals surface area (Å²) >= 11 is 0. The van der Waals surface area contributed by atoms with Gasteiger partial charge in [-0.2, -0.15) is 4.31 Å². The van der Waals surface area contributed by atoms with Gasteiger partial charge < -0.3 is 5.32 Å². The van der Waals surface area contributed by atoms with E-state index in [9.17, 15) is 8.42 Å². The van der Waals surface area contributed by atoms with E-state index in [1.807, 2.05) is 26.0 Å². The van der Waals surface area contributed by atoms with Gasteiger partial charge in [-0.15, -0.1) is 0 Å². The molecule has 2 aromatic rings. The molecule has 0 saturated carbocycles. The highest BCUT2D eigenvalue weighted by Gasteiger charge is 2.38. The first-order valence-electron chi connectivity index (χ1n) is 10.1. The van der Waals surface area contributed by atoms with Crippen LogP contribution in [-0.2, 0) is 10.0 Å². The molecule has 0 radical (unpaired) electrons. The molecule has 4 nitrogen and oxygen atoms in total. The van der Waals surface area contributed by atoms with Gasteiger partial charge in [-0.1, -0.05) is 55.8 Å². The van der Waals surface area contributed by atoms with E-state index < -0.39 is 10.0 Å². The largest absolute Gasteiger partial charge is 0.378 e. The average molecular weight is 397 g/mol. The van der Waals surface area contributed by atoms with Gasteiger partial charge >= 0.3 is 0 Å². The highest BCUT2D eigenvalue weighted by molar-refractivity contribution is 7.89. The van der Waals surface area contributed by atoms with Gasteiger partial charge in [-0.25, -0.2) is 8.42 Å². The van der Waals surface area contributed by atoms with Crippen molar-refractivity contribution in [1.29, 1.82) is 0 Å². The van der Waals surface area contributed by atoms with E-state index in [4.69, 9.17) is 0 Å². The number of hydrogen-bond donors (Lipinski definition) is 1. The quantitative estimate of drug-likeness (QED) is 0.735. The molecular weight excluding hydrogens is 368 g/mol. The monoisotopic (exact) mass is 396 g/mol. The number of nitrogens with one attached hydrogen (secondary N) is 1. The minimum atomic E-state index is -3.45. The molecular formula is C23H28N2O2S. The van der Waals surface area contributed by atoms with Crippen LogP contribution in [0.5, 0.6) is 0 Å². The van der Waals surface area contributed by atoms with Crippen LogP contribution < -0.4 is 5.32 Å². The average Bonchev–Trinajstić information content (AvgIpc) is 3.18. The Hall–Kier alpha value is -2.11. The van der Waals surface area contributed by atoms with Crippen LogP contribution in [0, 0.1) is 12.8 Å². The summed E-state index contributed by atoms with van der Waals surface area (Å²) in [5, 5.41) is 3.70. The van der Waals surface area contributed by atoms with Crippen molar-refractivity contribution < 1.29 is 8.42 Å². The van der Waals surface area contributed by atoms with Crippen molar-refractivity contribution in [3.05, 3.63) is 71.3 Å². The molecule has 1 aliphatic heterocycles. The molecule has 0 spiro atoms. The number of rotatable bonds is 5. The lowest BCUT2D eigenvalue weighted by molar-refractivity contribution is 0.424. The van der Waals surface area contributed by atoms with Crippen molar-refractivity contribution in [2.45, 2.75) is 44.0 Å². The first-order chi connectivity index (χ1) is 13.5. The van der Waals surface area contributed by atoms with E-state index in [0.29, 0.717) is 23.9 Å². The summed E-state index contributed by atoms with van der Waals surface area (Å²) in [5.41, 5.74) is 4.69. The molecule has 3 atom stereocenters. The molecule has 0 saturated heterocycles. The fourth-order valence-electron chi connectivity index (χ4n) is 4.64. The number of fused-ring (bicyclic) bond motifs is 3. The molecule has 0 fully saturated rings. The third-order valence-corrected chi connectivity index (χ3v) is 8.12. The summed E-state index contributed by atoms with van der Waals surface area (Å²) in [4.78, 5) is 0.393. The van der Waals surface area contributed by atoms with Gasteiger partial charge in [-0.3, -0.25) is 0 Å². The second-order valence-corrected chi connectivity index (χ2v) is 9.67. The van der Waals surface area contributed by atoms with Gasteiger partial charge in [0.2, 0.25) is 10.0 Å². The van der Waals surface area contributed by atoms with Crippen molar-refractivity contribution in [3.8, 4) is 0 Å². The standard InChI is InChI=1S/C23H28N2O2S/c1-4-25(5-2)28(26,27)18-12-13-22-21(15-18)19-10-7-11-20(19)23(24-22)17-9-6-8-16(3)14-17/h6-10,12-15,19-20,23-24H,4-5,11H2,1-3H3.